The Labute approximate surface area is 118 Å². The summed E-state index contributed by atoms with van der Waals surface area (Å²) in [6, 6.07) is 15.2. The highest BCUT2D eigenvalue weighted by Gasteiger charge is 2.11. The first kappa shape index (κ1) is 13.9. The van der Waals surface area contributed by atoms with Crippen molar-refractivity contribution >= 4 is 5.71 Å². The molecule has 4 nitrogen and oxygen atoms in total. The molecule has 0 saturated carbocycles. The lowest BCUT2D eigenvalue weighted by Crippen LogP contribution is -2.10. The molecule has 4 heteroatoms. The van der Waals surface area contributed by atoms with Gasteiger partial charge in [0, 0.05) is 0 Å². The zero-order chi connectivity index (χ0) is 14.4. The van der Waals surface area contributed by atoms with Crippen molar-refractivity contribution in [3.63, 3.8) is 0 Å². The minimum absolute atomic E-state index is 0.159. The molecule has 0 fully saturated rings. The van der Waals surface area contributed by atoms with Gasteiger partial charge in [0.1, 0.15) is 11.5 Å². The van der Waals surface area contributed by atoms with E-state index in [-0.39, 0.29) is 5.75 Å². The number of nitrogens with one attached hydrogen (secondary N) is 1. The van der Waals surface area contributed by atoms with Gasteiger partial charge >= 0.3 is 0 Å². The van der Waals surface area contributed by atoms with Gasteiger partial charge in [-0.05, 0) is 24.6 Å². The summed E-state index contributed by atoms with van der Waals surface area (Å²) < 4.78 is 5.24. The normalized spacial score (nSPS) is 11.2. The molecule has 0 radical (unpaired) electrons. The Bertz CT molecular complexity index is 595. The van der Waals surface area contributed by atoms with Gasteiger partial charge in [0.15, 0.2) is 0 Å². The fourth-order valence-electron chi connectivity index (χ4n) is 1.95. The summed E-state index contributed by atoms with van der Waals surface area (Å²) in [6.07, 6.45) is 0. The van der Waals surface area contributed by atoms with Crippen molar-refractivity contribution in [2.24, 2.45) is 5.10 Å². The third-order valence-electron chi connectivity index (χ3n) is 2.96. The van der Waals surface area contributed by atoms with Gasteiger partial charge in [0.05, 0.1) is 24.9 Å². The Morgan fingerprint density at radius 2 is 1.90 bits per heavy atom. The van der Waals surface area contributed by atoms with Gasteiger partial charge in [0.25, 0.3) is 0 Å². The highest BCUT2D eigenvalue weighted by Crippen LogP contribution is 2.27. The number of phenolic OH excluding ortho intramolecular Hbond substituents is 1. The summed E-state index contributed by atoms with van der Waals surface area (Å²) >= 11 is 0. The number of rotatable bonds is 5. The van der Waals surface area contributed by atoms with E-state index in [0.717, 1.165) is 5.56 Å². The van der Waals surface area contributed by atoms with Crippen LogP contribution in [0.25, 0.3) is 0 Å². The van der Waals surface area contributed by atoms with Crippen molar-refractivity contribution < 1.29 is 9.84 Å². The Kier molecular flexibility index (Phi) is 4.60. The maximum absolute atomic E-state index is 9.92. The smallest absolute Gasteiger partial charge is 0.131 e. The average Bonchev–Trinajstić information content (AvgIpc) is 2.47. The predicted molar refractivity (Wildman–Crippen MR) is 80.2 cm³/mol. The van der Waals surface area contributed by atoms with Crippen molar-refractivity contribution in [3.8, 4) is 11.5 Å². The number of aromatic hydroxyl groups is 1. The maximum Gasteiger partial charge on any atom is 0.131 e. The maximum atomic E-state index is 9.92. The molecule has 0 aromatic heterocycles. The number of methoxy groups -OCH3 is 1. The summed E-state index contributed by atoms with van der Waals surface area (Å²) in [5.41, 5.74) is 5.43. The van der Waals surface area contributed by atoms with Gasteiger partial charge in [-0.1, -0.05) is 36.4 Å². The minimum atomic E-state index is 0.159. The highest BCUT2D eigenvalue weighted by atomic mass is 16.5. The van der Waals surface area contributed by atoms with Crippen LogP contribution in [0.1, 0.15) is 18.1 Å². The summed E-state index contributed by atoms with van der Waals surface area (Å²) in [4.78, 5) is 0. The number of hydrazone groups is 1. The van der Waals surface area contributed by atoms with E-state index < -0.39 is 0 Å². The molecule has 0 aliphatic carbocycles. The lowest BCUT2D eigenvalue weighted by Gasteiger charge is -2.10. The molecule has 104 valence electrons. The van der Waals surface area contributed by atoms with Crippen molar-refractivity contribution in [3.05, 3.63) is 59.7 Å². The zero-order valence-corrected chi connectivity index (χ0v) is 11.6. The second-order valence-corrected chi connectivity index (χ2v) is 4.37. The van der Waals surface area contributed by atoms with Crippen LogP contribution in [0, 0.1) is 0 Å². The van der Waals surface area contributed by atoms with Crippen LogP contribution in [-0.4, -0.2) is 17.9 Å². The van der Waals surface area contributed by atoms with Gasteiger partial charge in [-0.3, -0.25) is 0 Å². The fraction of sp³-hybridized carbons (Fsp3) is 0.188. The Balaban J connectivity index is 2.11. The second-order valence-electron chi connectivity index (χ2n) is 4.37. The molecule has 0 unspecified atom stereocenters. The van der Waals surface area contributed by atoms with E-state index in [4.69, 9.17) is 4.74 Å². The largest absolute Gasteiger partial charge is 0.507 e. The van der Waals surface area contributed by atoms with E-state index in [2.05, 4.69) is 10.5 Å². The molecule has 2 rings (SSSR count). The van der Waals surface area contributed by atoms with Crippen LogP contribution in [0.5, 0.6) is 11.5 Å². The third kappa shape index (κ3) is 3.29. The molecule has 0 bridgehead atoms. The Morgan fingerprint density at radius 1 is 1.15 bits per heavy atom. The first-order valence-electron chi connectivity index (χ1n) is 6.40. The summed E-state index contributed by atoms with van der Waals surface area (Å²) in [5, 5.41) is 14.2. The van der Waals surface area contributed by atoms with Crippen LogP contribution in [0.3, 0.4) is 0 Å². The third-order valence-corrected chi connectivity index (χ3v) is 2.96. The monoisotopic (exact) mass is 270 g/mol. The number of benzene rings is 2. The first-order valence-corrected chi connectivity index (χ1v) is 6.40. The summed E-state index contributed by atoms with van der Waals surface area (Å²) in [5.74, 6) is 0.764. The number of nitrogens with zero attached hydrogens (tertiary/aromatic N) is 1. The molecule has 0 amide bonds. The first-order chi connectivity index (χ1) is 9.72. The summed E-state index contributed by atoms with van der Waals surface area (Å²) in [6.45, 7) is 2.46. The lowest BCUT2D eigenvalue weighted by molar-refractivity contribution is 0.406. The molecular formula is C16H18N2O2. The zero-order valence-electron chi connectivity index (χ0n) is 11.6. The van der Waals surface area contributed by atoms with E-state index >= 15 is 0 Å². The molecule has 0 atom stereocenters. The molecule has 0 spiro atoms. The van der Waals surface area contributed by atoms with Gasteiger partial charge in [0.2, 0.25) is 0 Å². The summed E-state index contributed by atoms with van der Waals surface area (Å²) in [7, 11) is 1.57. The predicted octanol–water partition coefficient (Wildman–Crippen LogP) is 2.91. The van der Waals surface area contributed by atoms with E-state index in [9.17, 15) is 5.11 Å². The van der Waals surface area contributed by atoms with Gasteiger partial charge in [-0.15, -0.1) is 0 Å². The Hall–Kier alpha value is -2.49. The fourth-order valence-corrected chi connectivity index (χ4v) is 1.95. The Morgan fingerprint density at radius 3 is 2.60 bits per heavy atom. The number of phenols is 1. The molecular weight excluding hydrogens is 252 g/mol. The molecule has 2 aromatic rings. The standard InChI is InChI=1S/C16H18N2O2/c1-12(16-14(19)9-6-10-15(16)20-2)18-17-11-13-7-4-3-5-8-13/h3-10,17,19H,11H2,1-2H3/b18-12+. The minimum Gasteiger partial charge on any atom is -0.507 e. The van der Waals surface area contributed by atoms with E-state index in [1.165, 1.54) is 0 Å². The number of hydrogen-bond acceptors (Lipinski definition) is 4. The van der Waals surface area contributed by atoms with E-state index in [1.807, 2.05) is 37.3 Å². The van der Waals surface area contributed by atoms with Crippen molar-refractivity contribution in [2.75, 3.05) is 7.11 Å². The molecule has 2 aromatic carbocycles. The molecule has 20 heavy (non-hydrogen) atoms. The second kappa shape index (κ2) is 6.61. The lowest BCUT2D eigenvalue weighted by atomic mass is 10.1. The topological polar surface area (TPSA) is 53.9 Å². The van der Waals surface area contributed by atoms with E-state index in [0.29, 0.717) is 23.6 Å². The molecule has 2 N–H and O–H groups in total. The molecule has 0 saturated heterocycles. The van der Waals surface area contributed by atoms with Crippen molar-refractivity contribution in [1.29, 1.82) is 0 Å². The van der Waals surface area contributed by atoms with Crippen LogP contribution >= 0.6 is 0 Å². The van der Waals surface area contributed by atoms with Crippen LogP contribution in [-0.2, 0) is 6.54 Å². The highest BCUT2D eigenvalue weighted by molar-refractivity contribution is 6.03. The van der Waals surface area contributed by atoms with Gasteiger partial charge in [-0.25, -0.2) is 0 Å². The van der Waals surface area contributed by atoms with Gasteiger partial charge < -0.3 is 15.3 Å². The van der Waals surface area contributed by atoms with Crippen LogP contribution in [0.2, 0.25) is 0 Å². The van der Waals surface area contributed by atoms with Crippen LogP contribution in [0.4, 0.5) is 0 Å². The van der Waals surface area contributed by atoms with Crippen LogP contribution < -0.4 is 10.2 Å². The van der Waals surface area contributed by atoms with E-state index in [1.54, 1.807) is 25.3 Å². The van der Waals surface area contributed by atoms with Crippen molar-refractivity contribution in [2.45, 2.75) is 13.5 Å². The van der Waals surface area contributed by atoms with Crippen molar-refractivity contribution in [1.82, 2.24) is 5.43 Å². The average molecular weight is 270 g/mol. The van der Waals surface area contributed by atoms with Gasteiger partial charge in [-0.2, -0.15) is 5.10 Å². The number of ether oxygens (including phenoxy) is 1. The molecule has 0 aliphatic rings. The molecule has 0 aliphatic heterocycles. The molecule has 0 heterocycles. The SMILES string of the molecule is COc1cccc(O)c1/C(C)=N/NCc1ccccc1. The quantitative estimate of drug-likeness (QED) is 0.649. The number of hydrogen-bond donors (Lipinski definition) is 2. The van der Waals surface area contributed by atoms with Crippen LogP contribution in [0.15, 0.2) is 53.6 Å².